The first kappa shape index (κ1) is 12.1. The highest BCUT2D eigenvalue weighted by molar-refractivity contribution is 5.48. The highest BCUT2D eigenvalue weighted by Gasteiger charge is 2.25. The summed E-state index contributed by atoms with van der Waals surface area (Å²) in [5, 5.41) is 19.1. The number of aromatic hydroxyl groups is 1. The van der Waals surface area contributed by atoms with Crippen LogP contribution in [-0.2, 0) is 5.41 Å². The van der Waals surface area contributed by atoms with Crippen LogP contribution in [-0.4, -0.2) is 16.8 Å². The Balaban J connectivity index is 3.29. The lowest BCUT2D eigenvalue weighted by Crippen LogP contribution is -2.20. The van der Waals surface area contributed by atoms with Crippen molar-refractivity contribution in [3.05, 3.63) is 28.8 Å². The molecule has 2 heteroatoms. The maximum absolute atomic E-state index is 10.1. The van der Waals surface area contributed by atoms with Crippen LogP contribution in [0.1, 0.15) is 37.0 Å². The molecule has 84 valence electrons. The van der Waals surface area contributed by atoms with Gasteiger partial charge in [0.1, 0.15) is 5.75 Å². The van der Waals surface area contributed by atoms with Gasteiger partial charge in [0.05, 0.1) is 0 Å². The molecule has 1 rings (SSSR count). The molecule has 1 aromatic rings. The third-order valence-electron chi connectivity index (χ3n) is 3.00. The molecule has 0 bridgehead atoms. The predicted molar refractivity (Wildman–Crippen MR) is 62.3 cm³/mol. The van der Waals surface area contributed by atoms with Gasteiger partial charge in [-0.2, -0.15) is 0 Å². The summed E-state index contributed by atoms with van der Waals surface area (Å²) in [7, 11) is 0. The number of aliphatic hydroxyl groups is 1. The number of hydrogen-bond donors (Lipinski definition) is 2. The van der Waals surface area contributed by atoms with Crippen molar-refractivity contribution in [2.45, 2.75) is 39.5 Å². The fraction of sp³-hybridized carbons (Fsp3) is 0.538. The van der Waals surface area contributed by atoms with Gasteiger partial charge >= 0.3 is 0 Å². The summed E-state index contributed by atoms with van der Waals surface area (Å²) < 4.78 is 0. The topological polar surface area (TPSA) is 40.5 Å². The van der Waals surface area contributed by atoms with Crippen LogP contribution in [0, 0.1) is 13.8 Å². The number of benzene rings is 1. The molecule has 0 fully saturated rings. The standard InChI is InChI=1S/C13H20O2/c1-9-5-6-10(2)12(15)11(9)13(3,4)7-8-14/h5-6,14-15H,7-8H2,1-4H3. The number of hydrogen-bond acceptors (Lipinski definition) is 2. The molecule has 15 heavy (non-hydrogen) atoms. The third-order valence-corrected chi connectivity index (χ3v) is 3.00. The lowest BCUT2D eigenvalue weighted by Gasteiger charge is -2.27. The fourth-order valence-corrected chi connectivity index (χ4v) is 2.05. The monoisotopic (exact) mass is 208 g/mol. The zero-order valence-corrected chi connectivity index (χ0v) is 9.96. The summed E-state index contributed by atoms with van der Waals surface area (Å²) in [4.78, 5) is 0. The van der Waals surface area contributed by atoms with Crippen molar-refractivity contribution in [1.82, 2.24) is 0 Å². The Kier molecular flexibility index (Phi) is 3.40. The van der Waals surface area contributed by atoms with E-state index in [1.807, 2.05) is 39.8 Å². The molecule has 0 heterocycles. The molecule has 0 spiro atoms. The SMILES string of the molecule is Cc1ccc(C)c(C(C)(C)CCO)c1O. The van der Waals surface area contributed by atoms with Gasteiger partial charge in [-0.3, -0.25) is 0 Å². The fourth-order valence-electron chi connectivity index (χ4n) is 2.05. The minimum absolute atomic E-state index is 0.139. The molecule has 0 atom stereocenters. The molecule has 0 unspecified atom stereocenters. The van der Waals surface area contributed by atoms with Crippen molar-refractivity contribution in [2.75, 3.05) is 6.61 Å². The summed E-state index contributed by atoms with van der Waals surface area (Å²) in [6, 6.07) is 3.94. The smallest absolute Gasteiger partial charge is 0.122 e. The van der Waals surface area contributed by atoms with E-state index in [1.54, 1.807) is 0 Å². The molecule has 2 N–H and O–H groups in total. The predicted octanol–water partition coefficient (Wildman–Crippen LogP) is 2.67. The van der Waals surface area contributed by atoms with Gasteiger partial charge in [-0.1, -0.05) is 26.0 Å². The van der Waals surface area contributed by atoms with Gasteiger partial charge in [-0.05, 0) is 36.8 Å². The Hall–Kier alpha value is -1.02. The summed E-state index contributed by atoms with van der Waals surface area (Å²) in [5.74, 6) is 0.369. The second kappa shape index (κ2) is 4.23. The Morgan fingerprint density at radius 2 is 1.67 bits per heavy atom. The van der Waals surface area contributed by atoms with E-state index >= 15 is 0 Å². The molecule has 2 nitrogen and oxygen atoms in total. The van der Waals surface area contributed by atoms with E-state index in [4.69, 9.17) is 5.11 Å². The maximum Gasteiger partial charge on any atom is 0.122 e. The van der Waals surface area contributed by atoms with E-state index in [0.717, 1.165) is 16.7 Å². The molecule has 0 aromatic heterocycles. The number of aliphatic hydroxyl groups excluding tert-OH is 1. The van der Waals surface area contributed by atoms with Crippen molar-refractivity contribution in [3.63, 3.8) is 0 Å². The molecule has 0 aliphatic rings. The summed E-state index contributed by atoms with van der Waals surface area (Å²) in [6.45, 7) is 8.12. The zero-order chi connectivity index (χ0) is 11.6. The van der Waals surface area contributed by atoms with Crippen molar-refractivity contribution in [2.24, 2.45) is 0 Å². The quantitative estimate of drug-likeness (QED) is 0.801. The Labute approximate surface area is 91.6 Å². The molecule has 0 radical (unpaired) electrons. The minimum atomic E-state index is -0.186. The molecule has 0 saturated carbocycles. The molecule has 1 aromatic carbocycles. The van der Waals surface area contributed by atoms with Crippen LogP contribution in [0.4, 0.5) is 0 Å². The first-order chi connectivity index (χ1) is 6.90. The molecular weight excluding hydrogens is 188 g/mol. The van der Waals surface area contributed by atoms with Gasteiger partial charge in [0.15, 0.2) is 0 Å². The van der Waals surface area contributed by atoms with E-state index in [0.29, 0.717) is 12.2 Å². The zero-order valence-electron chi connectivity index (χ0n) is 9.96. The van der Waals surface area contributed by atoms with E-state index in [-0.39, 0.29) is 12.0 Å². The van der Waals surface area contributed by atoms with E-state index < -0.39 is 0 Å². The van der Waals surface area contributed by atoms with Gasteiger partial charge in [0, 0.05) is 12.2 Å². The summed E-state index contributed by atoms with van der Waals surface area (Å²) in [6.07, 6.45) is 0.658. The Morgan fingerprint density at radius 1 is 1.13 bits per heavy atom. The van der Waals surface area contributed by atoms with Crippen molar-refractivity contribution in [1.29, 1.82) is 0 Å². The van der Waals surface area contributed by atoms with Crippen molar-refractivity contribution >= 4 is 0 Å². The largest absolute Gasteiger partial charge is 0.507 e. The molecule has 0 saturated heterocycles. The van der Waals surface area contributed by atoms with Crippen LogP contribution >= 0.6 is 0 Å². The van der Waals surface area contributed by atoms with Gasteiger partial charge < -0.3 is 10.2 Å². The van der Waals surface area contributed by atoms with Crippen molar-refractivity contribution < 1.29 is 10.2 Å². The molecular formula is C13H20O2. The molecule has 0 aliphatic heterocycles. The Bertz CT molecular complexity index is 354. The number of phenolic OH excluding ortho intramolecular Hbond substituents is 1. The average molecular weight is 208 g/mol. The summed E-state index contributed by atoms with van der Waals surface area (Å²) >= 11 is 0. The maximum atomic E-state index is 10.1. The first-order valence-electron chi connectivity index (χ1n) is 5.30. The second-order valence-electron chi connectivity index (χ2n) is 4.78. The number of aryl methyl sites for hydroxylation is 2. The lowest BCUT2D eigenvalue weighted by atomic mass is 9.78. The minimum Gasteiger partial charge on any atom is -0.507 e. The highest BCUT2D eigenvalue weighted by Crippen LogP contribution is 2.37. The van der Waals surface area contributed by atoms with E-state index in [1.165, 1.54) is 0 Å². The third kappa shape index (κ3) is 2.32. The van der Waals surface area contributed by atoms with E-state index in [9.17, 15) is 5.11 Å². The van der Waals surface area contributed by atoms with Crippen LogP contribution in [0.15, 0.2) is 12.1 Å². The molecule has 0 aliphatic carbocycles. The van der Waals surface area contributed by atoms with Crippen LogP contribution in [0.3, 0.4) is 0 Å². The highest BCUT2D eigenvalue weighted by atomic mass is 16.3. The van der Waals surface area contributed by atoms with Gasteiger partial charge in [-0.25, -0.2) is 0 Å². The summed E-state index contributed by atoms with van der Waals surface area (Å²) in [5.41, 5.74) is 2.74. The average Bonchev–Trinajstić information content (AvgIpc) is 2.11. The first-order valence-corrected chi connectivity index (χ1v) is 5.30. The van der Waals surface area contributed by atoms with E-state index in [2.05, 4.69) is 0 Å². The van der Waals surface area contributed by atoms with Gasteiger partial charge in [-0.15, -0.1) is 0 Å². The van der Waals surface area contributed by atoms with Crippen LogP contribution in [0.25, 0.3) is 0 Å². The van der Waals surface area contributed by atoms with Crippen LogP contribution in [0.5, 0.6) is 5.75 Å². The lowest BCUT2D eigenvalue weighted by molar-refractivity contribution is 0.249. The van der Waals surface area contributed by atoms with Crippen LogP contribution in [0.2, 0.25) is 0 Å². The van der Waals surface area contributed by atoms with Crippen molar-refractivity contribution in [3.8, 4) is 5.75 Å². The molecule has 0 amide bonds. The number of rotatable bonds is 3. The van der Waals surface area contributed by atoms with Gasteiger partial charge in [0.2, 0.25) is 0 Å². The van der Waals surface area contributed by atoms with Crippen LogP contribution < -0.4 is 0 Å². The second-order valence-corrected chi connectivity index (χ2v) is 4.78. The number of phenols is 1. The Morgan fingerprint density at radius 3 is 2.20 bits per heavy atom. The normalized spacial score (nSPS) is 11.8. The van der Waals surface area contributed by atoms with Gasteiger partial charge in [0.25, 0.3) is 0 Å².